The zero-order valence-electron chi connectivity index (χ0n) is 5.13. The summed E-state index contributed by atoms with van der Waals surface area (Å²) >= 11 is 0. The number of aromatic amines is 1. The fourth-order valence-electron chi connectivity index (χ4n) is 1.21. The van der Waals surface area contributed by atoms with Crippen molar-refractivity contribution in [1.82, 2.24) is 19.9 Å². The second-order valence-corrected chi connectivity index (χ2v) is 2.36. The molecule has 2 aliphatic rings. The molecule has 0 saturated heterocycles. The first-order valence-corrected chi connectivity index (χ1v) is 3.12. The van der Waals surface area contributed by atoms with E-state index in [1.54, 1.807) is 6.33 Å². The number of imidazole rings is 1. The largest absolute Gasteiger partial charge is 0.342 e. The smallest absolute Gasteiger partial charge is 0.181 e. The molecule has 0 aromatic carbocycles. The second-order valence-electron chi connectivity index (χ2n) is 2.36. The molecular weight excluding hydrogens is 128 g/mol. The van der Waals surface area contributed by atoms with E-state index in [4.69, 9.17) is 0 Å². The maximum absolute atomic E-state index is 4.16. The van der Waals surface area contributed by atoms with E-state index in [0.717, 1.165) is 29.1 Å². The number of hydrogen-bond acceptors (Lipinski definition) is 3. The van der Waals surface area contributed by atoms with Crippen molar-refractivity contribution < 1.29 is 0 Å². The molecular formula is C6H4N4. The van der Waals surface area contributed by atoms with Gasteiger partial charge in [-0.1, -0.05) is 0 Å². The SMILES string of the molecule is c1nc2nc3nc(c2[nH]1)C3. The van der Waals surface area contributed by atoms with E-state index in [9.17, 15) is 0 Å². The summed E-state index contributed by atoms with van der Waals surface area (Å²) in [5.41, 5.74) is 2.89. The summed E-state index contributed by atoms with van der Waals surface area (Å²) in [4.78, 5) is 15.3. The molecule has 0 amide bonds. The summed E-state index contributed by atoms with van der Waals surface area (Å²) < 4.78 is 0. The fourth-order valence-corrected chi connectivity index (χ4v) is 1.21. The lowest BCUT2D eigenvalue weighted by Gasteiger charge is -2.10. The van der Waals surface area contributed by atoms with Gasteiger partial charge in [0.2, 0.25) is 0 Å². The molecule has 4 rings (SSSR count). The van der Waals surface area contributed by atoms with Crippen LogP contribution in [-0.4, -0.2) is 19.9 Å². The van der Waals surface area contributed by atoms with Crippen LogP contribution in [0.5, 0.6) is 0 Å². The molecule has 48 valence electrons. The maximum Gasteiger partial charge on any atom is 0.181 e. The van der Waals surface area contributed by atoms with Crippen LogP contribution >= 0.6 is 0 Å². The van der Waals surface area contributed by atoms with Crippen LogP contribution < -0.4 is 0 Å². The topological polar surface area (TPSA) is 54.5 Å². The van der Waals surface area contributed by atoms with Crippen LogP contribution in [0.25, 0.3) is 11.2 Å². The third kappa shape index (κ3) is 0.335. The Balaban J connectivity index is 2.66. The molecule has 0 atom stereocenters. The van der Waals surface area contributed by atoms with Gasteiger partial charge in [-0.05, 0) is 0 Å². The van der Waals surface area contributed by atoms with Gasteiger partial charge in [0.1, 0.15) is 11.3 Å². The maximum atomic E-state index is 4.16. The van der Waals surface area contributed by atoms with Gasteiger partial charge in [0.25, 0.3) is 0 Å². The molecule has 1 N–H and O–H groups in total. The van der Waals surface area contributed by atoms with Gasteiger partial charge >= 0.3 is 0 Å². The van der Waals surface area contributed by atoms with E-state index < -0.39 is 0 Å². The standard InChI is InChI=1S/C6H4N4/c1-3-5-6(8-2-7-5)10-4(1)9-3/h2H,1H2,(H,7,8,9,10). The minimum absolute atomic E-state index is 0.797. The van der Waals surface area contributed by atoms with Crippen molar-refractivity contribution in [3.63, 3.8) is 0 Å². The molecule has 0 saturated carbocycles. The number of nitrogens with zero attached hydrogens (tertiary/aromatic N) is 3. The van der Waals surface area contributed by atoms with Crippen molar-refractivity contribution in [2.24, 2.45) is 0 Å². The molecule has 0 unspecified atom stereocenters. The van der Waals surface area contributed by atoms with E-state index in [1.165, 1.54) is 0 Å². The third-order valence-electron chi connectivity index (χ3n) is 1.73. The fraction of sp³-hybridized carbons (Fsp3) is 0.167. The first kappa shape index (κ1) is 4.38. The van der Waals surface area contributed by atoms with Crippen LogP contribution in [-0.2, 0) is 6.42 Å². The van der Waals surface area contributed by atoms with Crippen molar-refractivity contribution in [2.75, 3.05) is 0 Å². The van der Waals surface area contributed by atoms with Crippen molar-refractivity contribution >= 4 is 11.2 Å². The van der Waals surface area contributed by atoms with Crippen LogP contribution in [0.2, 0.25) is 0 Å². The molecule has 2 aromatic rings. The van der Waals surface area contributed by atoms with Gasteiger partial charge in [-0.2, -0.15) is 0 Å². The lowest BCUT2D eigenvalue weighted by molar-refractivity contribution is 0.841. The monoisotopic (exact) mass is 132 g/mol. The zero-order chi connectivity index (χ0) is 6.55. The Labute approximate surface area is 56.3 Å². The van der Waals surface area contributed by atoms with Crippen LogP contribution in [0.3, 0.4) is 0 Å². The van der Waals surface area contributed by atoms with E-state index in [-0.39, 0.29) is 0 Å². The minimum Gasteiger partial charge on any atom is -0.342 e. The van der Waals surface area contributed by atoms with Gasteiger partial charge in [0.05, 0.1) is 18.4 Å². The van der Waals surface area contributed by atoms with Crippen LogP contribution in [0.15, 0.2) is 6.33 Å². The number of H-pyrrole nitrogens is 1. The van der Waals surface area contributed by atoms with Gasteiger partial charge < -0.3 is 4.98 Å². The molecule has 0 radical (unpaired) electrons. The summed E-state index contributed by atoms with van der Waals surface area (Å²) in [5.74, 6) is 0.912. The quantitative estimate of drug-likeness (QED) is 0.477. The Bertz CT molecular complexity index is 403. The molecule has 0 fully saturated rings. The summed E-state index contributed by atoms with van der Waals surface area (Å²) in [5, 5.41) is 0. The summed E-state index contributed by atoms with van der Waals surface area (Å²) in [6.07, 6.45) is 2.56. The van der Waals surface area contributed by atoms with E-state index in [1.807, 2.05) is 0 Å². The van der Waals surface area contributed by atoms with Gasteiger partial charge in [-0.3, -0.25) is 0 Å². The molecule has 4 nitrogen and oxygen atoms in total. The van der Waals surface area contributed by atoms with Gasteiger partial charge in [0.15, 0.2) is 5.65 Å². The average Bonchev–Trinajstić information content (AvgIpc) is 2.29. The summed E-state index contributed by atoms with van der Waals surface area (Å²) in [6, 6.07) is 0. The summed E-state index contributed by atoms with van der Waals surface area (Å²) in [6.45, 7) is 0. The van der Waals surface area contributed by atoms with Gasteiger partial charge in [-0.25, -0.2) is 15.0 Å². The molecule has 10 heavy (non-hydrogen) atoms. The van der Waals surface area contributed by atoms with E-state index >= 15 is 0 Å². The Hall–Kier alpha value is -1.45. The average molecular weight is 132 g/mol. The Morgan fingerprint density at radius 3 is 3.10 bits per heavy atom. The number of aromatic nitrogens is 4. The highest BCUT2D eigenvalue weighted by atomic mass is 15.0. The van der Waals surface area contributed by atoms with E-state index in [0.29, 0.717) is 0 Å². The first-order chi connectivity index (χ1) is 4.93. The third-order valence-corrected chi connectivity index (χ3v) is 1.73. The second kappa shape index (κ2) is 1.18. The predicted molar refractivity (Wildman–Crippen MR) is 34.5 cm³/mol. The highest BCUT2D eigenvalue weighted by Gasteiger charge is 2.18. The van der Waals surface area contributed by atoms with Crippen molar-refractivity contribution in [1.29, 1.82) is 0 Å². The lowest BCUT2D eigenvalue weighted by Crippen LogP contribution is -2.11. The minimum atomic E-state index is 0.797. The van der Waals surface area contributed by atoms with Gasteiger partial charge in [-0.15, -0.1) is 0 Å². The van der Waals surface area contributed by atoms with Crippen molar-refractivity contribution in [2.45, 2.75) is 6.42 Å². The predicted octanol–water partition coefficient (Wildman–Crippen LogP) is 0.257. The molecule has 2 aromatic heterocycles. The molecule has 4 heterocycles. The molecule has 4 heteroatoms. The number of hydrogen-bond donors (Lipinski definition) is 1. The Morgan fingerprint density at radius 1 is 1.40 bits per heavy atom. The Morgan fingerprint density at radius 2 is 2.30 bits per heavy atom. The molecule has 0 spiro atoms. The van der Waals surface area contributed by atoms with Crippen molar-refractivity contribution in [3.8, 4) is 0 Å². The van der Waals surface area contributed by atoms with Crippen LogP contribution in [0.4, 0.5) is 0 Å². The van der Waals surface area contributed by atoms with Gasteiger partial charge in [0, 0.05) is 0 Å². The Kier molecular flexibility index (Phi) is 0.518. The number of rotatable bonds is 0. The lowest BCUT2D eigenvalue weighted by atomic mass is 10.1. The molecule has 2 bridgehead atoms. The van der Waals surface area contributed by atoms with E-state index in [2.05, 4.69) is 19.9 Å². The number of nitrogens with one attached hydrogen (secondary N) is 1. The molecule has 2 aliphatic heterocycles. The highest BCUT2D eigenvalue weighted by Crippen LogP contribution is 2.20. The van der Waals surface area contributed by atoms with Crippen LogP contribution in [0, 0.1) is 0 Å². The zero-order valence-corrected chi connectivity index (χ0v) is 5.13. The van der Waals surface area contributed by atoms with Crippen LogP contribution in [0.1, 0.15) is 11.5 Å². The van der Waals surface area contributed by atoms with Crippen molar-refractivity contribution in [3.05, 3.63) is 17.8 Å². The normalized spacial score (nSPS) is 13.6. The first-order valence-electron chi connectivity index (χ1n) is 3.12. The molecule has 0 aliphatic carbocycles. The highest BCUT2D eigenvalue weighted by molar-refractivity contribution is 5.75. The summed E-state index contributed by atoms with van der Waals surface area (Å²) in [7, 11) is 0.